The highest BCUT2D eigenvalue weighted by atomic mass is 32.2. The minimum Gasteiger partial charge on any atom is -0.195 e. The average molecular weight is 252 g/mol. The Hall–Kier alpha value is -1.17. The molecule has 0 spiro atoms. The molecule has 17 heavy (non-hydrogen) atoms. The molecule has 1 aromatic rings. The van der Waals surface area contributed by atoms with Crippen molar-refractivity contribution in [1.82, 2.24) is 8.61 Å². The van der Waals surface area contributed by atoms with Crippen molar-refractivity contribution in [2.45, 2.75) is 12.1 Å². The Labute approximate surface area is 102 Å². The molecule has 1 unspecified atom stereocenters. The van der Waals surface area contributed by atoms with E-state index in [-0.39, 0.29) is 12.1 Å². The number of hydrogen-bond acceptors (Lipinski definition) is 2. The molecule has 0 bridgehead atoms. The van der Waals surface area contributed by atoms with Crippen LogP contribution in [-0.4, -0.2) is 37.2 Å². The molecular weight excluding hydrogens is 236 g/mol. The third-order valence-electron chi connectivity index (χ3n) is 2.91. The number of rotatable bonds is 4. The summed E-state index contributed by atoms with van der Waals surface area (Å²) in [6, 6.07) is 9.37. The van der Waals surface area contributed by atoms with Gasteiger partial charge in [-0.25, -0.2) is 0 Å². The Morgan fingerprint density at radius 1 is 1.29 bits per heavy atom. The topological polar surface area (TPSA) is 40.4 Å². The van der Waals surface area contributed by atoms with Gasteiger partial charge in [0, 0.05) is 14.1 Å². The molecule has 1 aliphatic rings. The monoisotopic (exact) mass is 252 g/mol. The molecule has 3 atom stereocenters. The molecule has 0 saturated carbocycles. The van der Waals surface area contributed by atoms with Crippen LogP contribution in [0.2, 0.25) is 0 Å². The summed E-state index contributed by atoms with van der Waals surface area (Å²) in [4.78, 5) is 0. The van der Waals surface area contributed by atoms with E-state index in [0.717, 1.165) is 5.56 Å². The molecule has 5 heteroatoms. The number of hydrogen-bond donors (Lipinski definition) is 0. The van der Waals surface area contributed by atoms with Gasteiger partial charge >= 0.3 is 0 Å². The first-order chi connectivity index (χ1) is 8.00. The van der Waals surface area contributed by atoms with Crippen LogP contribution in [-0.2, 0) is 10.2 Å². The second kappa shape index (κ2) is 4.25. The van der Waals surface area contributed by atoms with E-state index in [4.69, 9.17) is 0 Å². The van der Waals surface area contributed by atoms with E-state index in [1.165, 1.54) is 22.7 Å². The predicted octanol–water partition coefficient (Wildman–Crippen LogP) is 1.40. The minimum atomic E-state index is -3.37. The van der Waals surface area contributed by atoms with Crippen LogP contribution in [0.1, 0.15) is 11.6 Å². The molecule has 92 valence electrons. The van der Waals surface area contributed by atoms with Gasteiger partial charge in [-0.05, 0) is 5.56 Å². The van der Waals surface area contributed by atoms with Crippen molar-refractivity contribution in [3.63, 3.8) is 0 Å². The summed E-state index contributed by atoms with van der Waals surface area (Å²) in [6.45, 7) is 3.70. The average Bonchev–Trinajstić information content (AvgIpc) is 3.04. The summed E-state index contributed by atoms with van der Waals surface area (Å²) in [5.74, 6) is 0. The van der Waals surface area contributed by atoms with Crippen LogP contribution in [0.25, 0.3) is 0 Å². The van der Waals surface area contributed by atoms with Crippen molar-refractivity contribution in [3.8, 4) is 0 Å². The van der Waals surface area contributed by atoms with Gasteiger partial charge in [0.05, 0.1) is 12.1 Å². The molecule has 1 aromatic carbocycles. The second-order valence-corrected chi connectivity index (χ2v) is 6.25. The smallest absolute Gasteiger partial charge is 0.195 e. The van der Waals surface area contributed by atoms with Crippen molar-refractivity contribution in [1.29, 1.82) is 0 Å². The van der Waals surface area contributed by atoms with E-state index in [2.05, 4.69) is 6.58 Å². The second-order valence-electron chi connectivity index (χ2n) is 4.20. The van der Waals surface area contributed by atoms with Gasteiger partial charge in [-0.3, -0.25) is 0 Å². The van der Waals surface area contributed by atoms with Gasteiger partial charge in [0.1, 0.15) is 0 Å². The summed E-state index contributed by atoms with van der Waals surface area (Å²) in [5, 5.41) is 0. The van der Waals surface area contributed by atoms with E-state index in [1.807, 2.05) is 30.3 Å². The quantitative estimate of drug-likeness (QED) is 0.600. The molecule has 1 saturated heterocycles. The normalized spacial score (nSPS) is 28.1. The Kier molecular flexibility index (Phi) is 3.07. The van der Waals surface area contributed by atoms with Gasteiger partial charge < -0.3 is 0 Å². The molecule has 0 aliphatic carbocycles. The Bertz CT molecular complexity index is 511. The fourth-order valence-electron chi connectivity index (χ4n) is 1.94. The van der Waals surface area contributed by atoms with Gasteiger partial charge in [0.2, 0.25) is 0 Å². The maximum Gasteiger partial charge on any atom is 0.282 e. The Morgan fingerprint density at radius 3 is 2.35 bits per heavy atom. The largest absolute Gasteiger partial charge is 0.282 e. The zero-order chi connectivity index (χ0) is 12.6. The zero-order valence-corrected chi connectivity index (χ0v) is 10.8. The summed E-state index contributed by atoms with van der Waals surface area (Å²) in [5.41, 5.74) is 1.00. The highest BCUT2D eigenvalue weighted by molar-refractivity contribution is 7.87. The first-order valence-corrected chi connectivity index (χ1v) is 6.78. The van der Waals surface area contributed by atoms with Crippen LogP contribution >= 0.6 is 0 Å². The lowest BCUT2D eigenvalue weighted by Crippen LogP contribution is -2.29. The third kappa shape index (κ3) is 2.01. The van der Waals surface area contributed by atoms with Gasteiger partial charge in [0.15, 0.2) is 0 Å². The Morgan fingerprint density at radius 2 is 1.88 bits per heavy atom. The maximum atomic E-state index is 12.0. The summed E-state index contributed by atoms with van der Waals surface area (Å²) >= 11 is 0. The third-order valence-corrected chi connectivity index (χ3v) is 4.84. The fraction of sp³-hybridized carbons (Fsp3) is 0.333. The summed E-state index contributed by atoms with van der Waals surface area (Å²) < 4.78 is 26.8. The lowest BCUT2D eigenvalue weighted by molar-refractivity contribution is 0.476. The predicted molar refractivity (Wildman–Crippen MR) is 67.6 cm³/mol. The van der Waals surface area contributed by atoms with Crippen LogP contribution in [0, 0.1) is 0 Å². The van der Waals surface area contributed by atoms with E-state index in [1.54, 1.807) is 6.08 Å². The Balaban J connectivity index is 2.31. The molecule has 0 N–H and O–H groups in total. The molecule has 1 fully saturated rings. The van der Waals surface area contributed by atoms with Crippen molar-refractivity contribution in [2.75, 3.05) is 14.1 Å². The van der Waals surface area contributed by atoms with Gasteiger partial charge in [0.25, 0.3) is 10.2 Å². The van der Waals surface area contributed by atoms with Crippen molar-refractivity contribution < 1.29 is 8.42 Å². The van der Waals surface area contributed by atoms with Gasteiger partial charge in [-0.1, -0.05) is 36.4 Å². The minimum absolute atomic E-state index is 0.110. The first-order valence-electron chi connectivity index (χ1n) is 5.38. The van der Waals surface area contributed by atoms with Crippen LogP contribution in [0.15, 0.2) is 43.0 Å². The summed E-state index contributed by atoms with van der Waals surface area (Å²) in [7, 11) is -0.292. The molecule has 1 aliphatic heterocycles. The van der Waals surface area contributed by atoms with Crippen LogP contribution < -0.4 is 0 Å². The first kappa shape index (κ1) is 12.3. The molecule has 0 radical (unpaired) electrons. The maximum absolute atomic E-state index is 12.0. The SMILES string of the molecule is C=C[C@@H]1[C@@H](c2ccccc2)N1S(=O)(=O)N(C)C. The van der Waals surface area contributed by atoms with Crippen molar-refractivity contribution >= 4 is 10.2 Å². The van der Waals surface area contributed by atoms with E-state index in [9.17, 15) is 8.42 Å². The zero-order valence-electron chi connectivity index (χ0n) is 9.95. The molecule has 4 nitrogen and oxygen atoms in total. The van der Waals surface area contributed by atoms with E-state index < -0.39 is 10.2 Å². The molecule has 1 heterocycles. The molecule has 0 amide bonds. The number of nitrogens with zero attached hydrogens (tertiary/aromatic N) is 2. The summed E-state index contributed by atoms with van der Waals surface area (Å²) in [6.07, 6.45) is 1.68. The van der Waals surface area contributed by atoms with Crippen molar-refractivity contribution in [3.05, 3.63) is 48.6 Å². The van der Waals surface area contributed by atoms with E-state index >= 15 is 0 Å². The van der Waals surface area contributed by atoms with Crippen molar-refractivity contribution in [2.24, 2.45) is 0 Å². The van der Waals surface area contributed by atoms with Gasteiger partial charge in [-0.2, -0.15) is 17.0 Å². The van der Waals surface area contributed by atoms with Crippen LogP contribution in [0.4, 0.5) is 0 Å². The molecule has 2 rings (SSSR count). The van der Waals surface area contributed by atoms with Crippen LogP contribution in [0.3, 0.4) is 0 Å². The number of benzene rings is 1. The molecule has 0 aromatic heterocycles. The van der Waals surface area contributed by atoms with Crippen LogP contribution in [0.5, 0.6) is 0 Å². The van der Waals surface area contributed by atoms with E-state index in [0.29, 0.717) is 0 Å². The molecular formula is C12H16N2O2S. The lowest BCUT2D eigenvalue weighted by atomic mass is 10.1. The lowest BCUT2D eigenvalue weighted by Gasteiger charge is -2.12. The highest BCUT2D eigenvalue weighted by Crippen LogP contribution is 2.46. The highest BCUT2D eigenvalue weighted by Gasteiger charge is 2.54. The fourth-order valence-corrected chi connectivity index (χ4v) is 3.31. The standard InChI is InChI=1S/C12H16N2O2S/c1-4-11-12(10-8-6-5-7-9-10)14(11)17(15,16)13(2)3/h4-9,11-12H,1H2,2-3H3/t11-,12-,14?/m1/s1. The van der Waals surface area contributed by atoms with Gasteiger partial charge in [-0.15, -0.1) is 6.58 Å².